The number of para-hydroxylation sites is 2. The lowest BCUT2D eigenvalue weighted by Gasteiger charge is -2.39. The van der Waals surface area contributed by atoms with Gasteiger partial charge in [0.05, 0.1) is 17.9 Å². The molecule has 0 spiro atoms. The van der Waals surface area contributed by atoms with Gasteiger partial charge in [0.1, 0.15) is 10.8 Å². The first-order valence-corrected chi connectivity index (χ1v) is 11.5. The first kappa shape index (κ1) is 21.4. The Bertz CT molecular complexity index is 1050. The van der Waals surface area contributed by atoms with Crippen LogP contribution in [0.15, 0.2) is 24.3 Å². The van der Waals surface area contributed by atoms with Crippen molar-refractivity contribution in [3.63, 3.8) is 0 Å². The van der Waals surface area contributed by atoms with Gasteiger partial charge in [0.25, 0.3) is 17.4 Å². The van der Waals surface area contributed by atoms with Crippen molar-refractivity contribution < 1.29 is 23.9 Å². The summed E-state index contributed by atoms with van der Waals surface area (Å²) in [5.74, 6) is -1.02. The molecule has 1 aromatic heterocycles. The maximum atomic E-state index is 13.4. The molecule has 0 saturated heterocycles. The zero-order chi connectivity index (χ0) is 22.2. The molecule has 0 fully saturated rings. The monoisotopic (exact) mass is 442 g/mol. The molecule has 1 aliphatic carbocycles. The largest absolute Gasteiger partial charge is 0.465 e. The van der Waals surface area contributed by atoms with Crippen molar-refractivity contribution in [1.82, 2.24) is 0 Å². The zero-order valence-corrected chi connectivity index (χ0v) is 18.8. The fourth-order valence-electron chi connectivity index (χ4n) is 4.15. The van der Waals surface area contributed by atoms with E-state index in [-0.39, 0.29) is 6.61 Å². The van der Waals surface area contributed by atoms with Gasteiger partial charge < -0.3 is 19.7 Å². The van der Waals surface area contributed by atoms with E-state index in [1.165, 1.54) is 18.3 Å². The van der Waals surface area contributed by atoms with Crippen molar-refractivity contribution in [2.45, 2.75) is 52.1 Å². The molecule has 0 bridgehead atoms. The van der Waals surface area contributed by atoms with Gasteiger partial charge in [-0.2, -0.15) is 0 Å². The summed E-state index contributed by atoms with van der Waals surface area (Å²) in [4.78, 5) is 42.0. The number of fused-ring (bicyclic) bond motifs is 2. The number of hydrogen-bond donors (Lipinski definition) is 1. The number of benzene rings is 1. The highest BCUT2D eigenvalue weighted by Crippen LogP contribution is 2.41. The summed E-state index contributed by atoms with van der Waals surface area (Å²) in [7, 11) is 0. The number of hydrogen-bond acceptors (Lipinski definition) is 6. The normalized spacial score (nSPS) is 19.8. The van der Waals surface area contributed by atoms with Crippen LogP contribution in [0.2, 0.25) is 0 Å². The second-order valence-corrected chi connectivity index (χ2v) is 8.85. The Morgan fingerprint density at radius 1 is 1.23 bits per heavy atom. The number of esters is 1. The van der Waals surface area contributed by atoms with Gasteiger partial charge in [-0.15, -0.1) is 11.3 Å². The highest BCUT2D eigenvalue weighted by Gasteiger charge is 2.50. The molecular formula is C23H26N2O5S. The summed E-state index contributed by atoms with van der Waals surface area (Å²) >= 11 is 1.39. The van der Waals surface area contributed by atoms with Crippen molar-refractivity contribution in [3.05, 3.63) is 40.3 Å². The quantitative estimate of drug-likeness (QED) is 0.560. The summed E-state index contributed by atoms with van der Waals surface area (Å²) in [5.41, 5.74) is 0.251. The van der Waals surface area contributed by atoms with Crippen LogP contribution in [0.1, 0.15) is 54.4 Å². The molecule has 2 aromatic rings. The molecule has 1 aliphatic heterocycles. The number of amides is 2. The molecule has 0 saturated carbocycles. The third-order valence-electron chi connectivity index (χ3n) is 5.75. The van der Waals surface area contributed by atoms with E-state index in [1.54, 1.807) is 30.0 Å². The molecule has 1 atom stereocenters. The Labute approximate surface area is 185 Å². The number of anilines is 2. The van der Waals surface area contributed by atoms with Crippen molar-refractivity contribution in [2.24, 2.45) is 0 Å². The lowest BCUT2D eigenvalue weighted by Crippen LogP contribution is -2.60. The van der Waals surface area contributed by atoms with Crippen molar-refractivity contribution in [1.29, 1.82) is 0 Å². The molecule has 2 aliphatic rings. The van der Waals surface area contributed by atoms with E-state index in [2.05, 4.69) is 5.32 Å². The van der Waals surface area contributed by atoms with Gasteiger partial charge in [-0.3, -0.25) is 9.59 Å². The summed E-state index contributed by atoms with van der Waals surface area (Å²) in [6.07, 6.45) is 3.68. The van der Waals surface area contributed by atoms with Gasteiger partial charge >= 0.3 is 5.97 Å². The lowest BCUT2D eigenvalue weighted by atomic mass is 9.95. The maximum Gasteiger partial charge on any atom is 0.341 e. The topological polar surface area (TPSA) is 84.9 Å². The molecule has 2 amide bonds. The molecular weight excluding hydrogens is 416 g/mol. The van der Waals surface area contributed by atoms with Gasteiger partial charge in [-0.25, -0.2) is 4.79 Å². The number of carbonyl (C=O) groups excluding carboxylic acids is 3. The Morgan fingerprint density at radius 3 is 2.71 bits per heavy atom. The minimum atomic E-state index is -1.75. The molecule has 7 nitrogen and oxygen atoms in total. The fraction of sp³-hybridized carbons (Fsp3) is 0.435. The van der Waals surface area contributed by atoms with E-state index in [0.29, 0.717) is 28.5 Å². The molecule has 2 heterocycles. The van der Waals surface area contributed by atoms with E-state index in [1.807, 2.05) is 13.0 Å². The summed E-state index contributed by atoms with van der Waals surface area (Å²) in [5, 5.41) is 3.26. The molecule has 0 radical (unpaired) electrons. The number of likely N-dealkylation sites (N-methyl/N-ethyl adjacent to an activating group) is 1. The molecule has 31 heavy (non-hydrogen) atoms. The first-order valence-electron chi connectivity index (χ1n) is 10.6. The number of nitrogens with one attached hydrogen (secondary N) is 1. The minimum Gasteiger partial charge on any atom is -0.465 e. The smallest absolute Gasteiger partial charge is 0.341 e. The number of ether oxygens (including phenoxy) is 2. The molecule has 1 unspecified atom stereocenters. The molecule has 8 heteroatoms. The Balaban J connectivity index is 1.69. The maximum absolute atomic E-state index is 13.4. The Hall–Kier alpha value is -2.87. The second-order valence-electron chi connectivity index (χ2n) is 7.74. The number of rotatable bonds is 5. The van der Waals surface area contributed by atoms with Gasteiger partial charge in [-0.1, -0.05) is 12.1 Å². The van der Waals surface area contributed by atoms with Crippen LogP contribution in [-0.4, -0.2) is 36.5 Å². The van der Waals surface area contributed by atoms with Gasteiger partial charge in [0.15, 0.2) is 0 Å². The van der Waals surface area contributed by atoms with Crippen molar-refractivity contribution in [3.8, 4) is 5.75 Å². The number of aryl methyl sites for hydroxylation is 1. The van der Waals surface area contributed by atoms with E-state index >= 15 is 0 Å². The summed E-state index contributed by atoms with van der Waals surface area (Å²) in [6, 6.07) is 7.15. The average Bonchev–Trinajstić information content (AvgIpc) is 3.12. The standard InChI is InChI=1S/C23H26N2O5S/c1-4-25-15-11-7-8-12-16(15)30-23(3,22(25)28)21(27)24-19-18(20(26)29-5-2)14-10-6-9-13-17(14)31-19/h7-8,11-12H,4-6,9-10,13H2,1-3H3,(H,24,27). The van der Waals surface area contributed by atoms with Crippen molar-refractivity contribution in [2.75, 3.05) is 23.4 Å². The first-order chi connectivity index (χ1) is 14.9. The number of thiophene rings is 1. The van der Waals surface area contributed by atoms with Crippen LogP contribution < -0.4 is 15.0 Å². The van der Waals surface area contributed by atoms with Crippen LogP contribution in [0.5, 0.6) is 5.75 Å². The lowest BCUT2D eigenvalue weighted by molar-refractivity contribution is -0.145. The van der Waals surface area contributed by atoms with Crippen LogP contribution in [0.25, 0.3) is 0 Å². The molecule has 1 aromatic carbocycles. The zero-order valence-electron chi connectivity index (χ0n) is 17.9. The highest BCUT2D eigenvalue weighted by atomic mass is 32.1. The van der Waals surface area contributed by atoms with Crippen LogP contribution >= 0.6 is 11.3 Å². The fourth-order valence-corrected chi connectivity index (χ4v) is 5.42. The average molecular weight is 443 g/mol. The Kier molecular flexibility index (Phi) is 5.75. The minimum absolute atomic E-state index is 0.248. The van der Waals surface area contributed by atoms with E-state index < -0.39 is 23.4 Å². The predicted molar refractivity (Wildman–Crippen MR) is 119 cm³/mol. The van der Waals surface area contributed by atoms with Crippen LogP contribution in [0.3, 0.4) is 0 Å². The highest BCUT2D eigenvalue weighted by molar-refractivity contribution is 7.17. The third kappa shape index (κ3) is 3.59. The van der Waals surface area contributed by atoms with Crippen LogP contribution in [0.4, 0.5) is 10.7 Å². The number of nitrogens with zero attached hydrogens (tertiary/aromatic N) is 1. The van der Waals surface area contributed by atoms with Gasteiger partial charge in [0.2, 0.25) is 0 Å². The SMILES string of the molecule is CCOC(=O)c1c(NC(=O)C2(C)Oc3ccccc3N(CC)C2=O)sc2c1CCCC2. The van der Waals surface area contributed by atoms with E-state index in [0.717, 1.165) is 36.1 Å². The van der Waals surface area contributed by atoms with E-state index in [4.69, 9.17) is 9.47 Å². The molecule has 164 valence electrons. The Morgan fingerprint density at radius 2 is 1.97 bits per heavy atom. The predicted octanol–water partition coefficient (Wildman–Crippen LogP) is 3.95. The van der Waals surface area contributed by atoms with Crippen LogP contribution in [0, 0.1) is 0 Å². The number of carbonyl (C=O) groups is 3. The third-order valence-corrected chi connectivity index (χ3v) is 6.96. The van der Waals surface area contributed by atoms with Gasteiger partial charge in [-0.05, 0) is 64.2 Å². The molecule has 4 rings (SSSR count). The second kappa shape index (κ2) is 8.34. The summed E-state index contributed by atoms with van der Waals surface area (Å²) in [6.45, 7) is 5.73. The van der Waals surface area contributed by atoms with Gasteiger partial charge in [0, 0.05) is 11.4 Å². The summed E-state index contributed by atoms with van der Waals surface area (Å²) < 4.78 is 11.2. The molecule has 1 N–H and O–H groups in total. The van der Waals surface area contributed by atoms with Crippen LogP contribution in [-0.2, 0) is 27.2 Å². The van der Waals surface area contributed by atoms with Crippen molar-refractivity contribution >= 4 is 39.8 Å². The van der Waals surface area contributed by atoms with E-state index in [9.17, 15) is 14.4 Å².